The fourth-order valence-electron chi connectivity index (χ4n) is 1.43. The number of carbonyl (C=O) groups is 1. The van der Waals surface area contributed by atoms with E-state index < -0.39 is 6.43 Å². The zero-order chi connectivity index (χ0) is 11.7. The maximum absolute atomic E-state index is 12.7. The van der Waals surface area contributed by atoms with E-state index in [0.717, 1.165) is 0 Å². The molecule has 0 atom stereocenters. The molecule has 0 saturated carbocycles. The second-order valence-electron chi connectivity index (χ2n) is 3.26. The molecule has 6 heteroatoms. The van der Waals surface area contributed by atoms with Gasteiger partial charge in [-0.15, -0.1) is 11.3 Å². The van der Waals surface area contributed by atoms with Crippen LogP contribution in [0.1, 0.15) is 21.7 Å². The third-order valence-electron chi connectivity index (χ3n) is 2.10. The molecular formula is C10H8F2N2OS. The van der Waals surface area contributed by atoms with Gasteiger partial charge in [0, 0.05) is 24.2 Å². The molecule has 16 heavy (non-hydrogen) atoms. The molecule has 0 N–H and O–H groups in total. The van der Waals surface area contributed by atoms with E-state index in [9.17, 15) is 13.6 Å². The van der Waals surface area contributed by atoms with E-state index in [1.54, 1.807) is 18.5 Å². The summed E-state index contributed by atoms with van der Waals surface area (Å²) in [6.45, 7) is 0. The van der Waals surface area contributed by atoms with E-state index in [4.69, 9.17) is 0 Å². The van der Waals surface area contributed by atoms with E-state index in [1.165, 1.54) is 22.2 Å². The predicted molar refractivity (Wildman–Crippen MR) is 56.9 cm³/mol. The number of thiophene rings is 1. The molecule has 2 aromatic rings. The summed E-state index contributed by atoms with van der Waals surface area (Å²) in [5.74, 6) is 0. The number of nitrogens with zero attached hydrogens (tertiary/aromatic N) is 2. The zero-order valence-corrected chi connectivity index (χ0v) is 9.17. The monoisotopic (exact) mass is 242 g/mol. The Morgan fingerprint density at radius 1 is 1.56 bits per heavy atom. The van der Waals surface area contributed by atoms with Crippen LogP contribution < -0.4 is 0 Å². The van der Waals surface area contributed by atoms with E-state index in [-0.39, 0.29) is 11.3 Å². The van der Waals surface area contributed by atoms with Gasteiger partial charge < -0.3 is 0 Å². The standard InChI is InChI=1S/C10H8F2N2OS/c1-14-3-8(10(11)12)9(13-14)6-2-7(4-15)16-5-6/h2-5,10H,1H3. The van der Waals surface area contributed by atoms with Gasteiger partial charge in [-0.05, 0) is 6.07 Å². The lowest BCUT2D eigenvalue weighted by atomic mass is 10.1. The summed E-state index contributed by atoms with van der Waals surface area (Å²) in [4.78, 5) is 11.0. The topological polar surface area (TPSA) is 34.9 Å². The lowest BCUT2D eigenvalue weighted by Crippen LogP contribution is -1.87. The Morgan fingerprint density at radius 3 is 2.88 bits per heavy atom. The molecule has 0 spiro atoms. The van der Waals surface area contributed by atoms with Crippen LogP contribution in [0.25, 0.3) is 11.3 Å². The molecule has 0 unspecified atom stereocenters. The Bertz CT molecular complexity index is 519. The summed E-state index contributed by atoms with van der Waals surface area (Å²) in [6, 6.07) is 1.56. The highest BCUT2D eigenvalue weighted by Crippen LogP contribution is 2.31. The number of rotatable bonds is 3. The van der Waals surface area contributed by atoms with Gasteiger partial charge >= 0.3 is 0 Å². The molecule has 0 aliphatic rings. The number of carbonyl (C=O) groups excluding carboxylic acids is 1. The summed E-state index contributed by atoms with van der Waals surface area (Å²) in [5.41, 5.74) is 0.683. The van der Waals surface area contributed by atoms with Gasteiger partial charge in [0.15, 0.2) is 6.29 Å². The van der Waals surface area contributed by atoms with Gasteiger partial charge in [0.1, 0.15) is 5.69 Å². The van der Waals surface area contributed by atoms with Gasteiger partial charge in [0.05, 0.1) is 10.4 Å². The van der Waals surface area contributed by atoms with Crippen molar-refractivity contribution in [3.63, 3.8) is 0 Å². The molecule has 3 nitrogen and oxygen atoms in total. The number of hydrogen-bond acceptors (Lipinski definition) is 3. The van der Waals surface area contributed by atoms with Gasteiger partial charge in [-0.2, -0.15) is 5.10 Å². The highest BCUT2D eigenvalue weighted by Gasteiger charge is 2.19. The van der Waals surface area contributed by atoms with Crippen LogP contribution in [0.4, 0.5) is 8.78 Å². The summed E-state index contributed by atoms with van der Waals surface area (Å²) < 4.78 is 26.7. The van der Waals surface area contributed by atoms with Crippen molar-refractivity contribution in [3.8, 4) is 11.3 Å². The van der Waals surface area contributed by atoms with E-state index in [1.807, 2.05) is 0 Å². The molecule has 2 heterocycles. The van der Waals surface area contributed by atoms with E-state index in [0.29, 0.717) is 16.7 Å². The Morgan fingerprint density at radius 2 is 2.31 bits per heavy atom. The highest BCUT2D eigenvalue weighted by atomic mass is 32.1. The van der Waals surface area contributed by atoms with Gasteiger partial charge in [0.2, 0.25) is 0 Å². The van der Waals surface area contributed by atoms with E-state index >= 15 is 0 Å². The normalized spacial score (nSPS) is 11.0. The minimum absolute atomic E-state index is 0.113. The lowest BCUT2D eigenvalue weighted by Gasteiger charge is -1.96. The Labute approximate surface area is 94.3 Å². The molecule has 0 aliphatic heterocycles. The molecule has 0 radical (unpaired) electrons. The molecule has 2 aromatic heterocycles. The van der Waals surface area contributed by atoms with Crippen LogP contribution in [0.5, 0.6) is 0 Å². The molecule has 0 saturated heterocycles. The minimum atomic E-state index is -2.57. The molecular weight excluding hydrogens is 234 g/mol. The summed E-state index contributed by atoms with van der Waals surface area (Å²) in [5, 5.41) is 5.63. The van der Waals surface area contributed by atoms with Crippen LogP contribution in [0.3, 0.4) is 0 Å². The Balaban J connectivity index is 2.50. The molecule has 0 bridgehead atoms. The lowest BCUT2D eigenvalue weighted by molar-refractivity contribution is 0.112. The van der Waals surface area contributed by atoms with Gasteiger partial charge in [-0.25, -0.2) is 8.78 Å². The zero-order valence-electron chi connectivity index (χ0n) is 8.35. The minimum Gasteiger partial charge on any atom is -0.297 e. The number of halogens is 2. The summed E-state index contributed by atoms with van der Waals surface area (Å²) in [6.07, 6.45) is -0.583. The SMILES string of the molecule is Cn1cc(C(F)F)c(-c2csc(C=O)c2)n1. The van der Waals surface area contributed by atoms with Crippen LogP contribution in [-0.4, -0.2) is 16.1 Å². The second kappa shape index (κ2) is 4.13. The first kappa shape index (κ1) is 10.9. The number of aryl methyl sites for hydroxylation is 1. The van der Waals surface area contributed by atoms with Crippen LogP contribution in [0.2, 0.25) is 0 Å². The van der Waals surface area contributed by atoms with Gasteiger partial charge in [-0.1, -0.05) is 0 Å². The number of hydrogen-bond donors (Lipinski definition) is 0. The fraction of sp³-hybridized carbons (Fsp3) is 0.200. The Hall–Kier alpha value is -1.56. The third kappa shape index (κ3) is 1.88. The second-order valence-corrected chi connectivity index (χ2v) is 4.21. The smallest absolute Gasteiger partial charge is 0.267 e. The maximum Gasteiger partial charge on any atom is 0.267 e. The van der Waals surface area contributed by atoms with Crippen molar-refractivity contribution in [2.45, 2.75) is 6.43 Å². The first-order valence-corrected chi connectivity index (χ1v) is 5.35. The maximum atomic E-state index is 12.7. The average molecular weight is 242 g/mol. The van der Waals surface area contributed by atoms with Crippen LogP contribution in [0.15, 0.2) is 17.6 Å². The molecule has 0 amide bonds. The van der Waals surface area contributed by atoms with Crippen LogP contribution in [-0.2, 0) is 7.05 Å². The molecule has 84 valence electrons. The van der Waals surface area contributed by atoms with E-state index in [2.05, 4.69) is 5.10 Å². The molecule has 0 aliphatic carbocycles. The summed E-state index contributed by atoms with van der Waals surface area (Å²) in [7, 11) is 1.59. The van der Waals surface area contributed by atoms with Crippen LogP contribution >= 0.6 is 11.3 Å². The predicted octanol–water partition coefficient (Wildman–Crippen LogP) is 2.90. The first-order valence-electron chi connectivity index (χ1n) is 4.47. The van der Waals surface area contributed by atoms with Gasteiger partial charge in [0.25, 0.3) is 6.43 Å². The summed E-state index contributed by atoms with van der Waals surface area (Å²) >= 11 is 1.21. The van der Waals surface area contributed by atoms with Crippen molar-refractivity contribution in [2.24, 2.45) is 7.05 Å². The van der Waals surface area contributed by atoms with Crippen molar-refractivity contribution in [3.05, 3.63) is 28.1 Å². The van der Waals surface area contributed by atoms with Crippen molar-refractivity contribution in [1.82, 2.24) is 9.78 Å². The largest absolute Gasteiger partial charge is 0.297 e. The fourth-order valence-corrected chi connectivity index (χ4v) is 2.12. The highest BCUT2D eigenvalue weighted by molar-refractivity contribution is 7.12. The quantitative estimate of drug-likeness (QED) is 0.776. The number of aromatic nitrogens is 2. The van der Waals surface area contributed by atoms with Crippen molar-refractivity contribution in [2.75, 3.05) is 0 Å². The number of alkyl halides is 2. The molecule has 0 aromatic carbocycles. The van der Waals surface area contributed by atoms with Gasteiger partial charge in [-0.3, -0.25) is 9.48 Å². The van der Waals surface area contributed by atoms with Crippen molar-refractivity contribution >= 4 is 17.6 Å². The van der Waals surface area contributed by atoms with Crippen molar-refractivity contribution < 1.29 is 13.6 Å². The first-order chi connectivity index (χ1) is 7.61. The number of aldehydes is 1. The molecule has 0 fully saturated rings. The van der Waals surface area contributed by atoms with Crippen molar-refractivity contribution in [1.29, 1.82) is 0 Å². The molecule has 2 rings (SSSR count). The average Bonchev–Trinajstić information content (AvgIpc) is 2.82. The van der Waals surface area contributed by atoms with Crippen LogP contribution in [0, 0.1) is 0 Å². The third-order valence-corrected chi connectivity index (χ3v) is 2.96. The Kier molecular flexibility index (Phi) is 2.82.